The van der Waals surface area contributed by atoms with Gasteiger partial charge < -0.3 is 10.1 Å². The summed E-state index contributed by atoms with van der Waals surface area (Å²) < 4.78 is 5.96. The molecule has 0 spiro atoms. The third-order valence-electron chi connectivity index (χ3n) is 7.23. The van der Waals surface area contributed by atoms with Crippen molar-refractivity contribution in [2.45, 2.75) is 37.7 Å². The summed E-state index contributed by atoms with van der Waals surface area (Å²) in [5, 5.41) is 2.72. The number of hydrazine groups is 1. The Kier molecular flexibility index (Phi) is 6.16. The van der Waals surface area contributed by atoms with Crippen molar-refractivity contribution in [3.05, 3.63) is 89.7 Å². The molecule has 174 valence electrons. The van der Waals surface area contributed by atoms with Gasteiger partial charge in [0, 0.05) is 17.3 Å². The Morgan fingerprint density at radius 3 is 2.41 bits per heavy atom. The van der Waals surface area contributed by atoms with E-state index in [1.54, 1.807) is 6.20 Å². The average molecular weight is 457 g/mol. The van der Waals surface area contributed by atoms with Crippen LogP contribution in [0, 0.1) is 11.8 Å². The molecule has 1 heterocycles. The molecule has 1 aromatic heterocycles. The molecule has 3 amide bonds. The number of rotatable bonds is 8. The Labute approximate surface area is 198 Å². The van der Waals surface area contributed by atoms with E-state index in [1.165, 1.54) is 30.4 Å². The highest BCUT2D eigenvalue weighted by atomic mass is 16.5. The number of pyridine rings is 1. The topological polar surface area (TPSA) is 92.4 Å². The van der Waals surface area contributed by atoms with E-state index in [1.807, 2.05) is 30.3 Å². The number of ether oxygens (including phenoxy) is 1. The molecule has 2 aliphatic carbocycles. The monoisotopic (exact) mass is 456 g/mol. The number of nitrogens with one attached hydrogen (secondary N) is 3. The number of anilines is 1. The first kappa shape index (κ1) is 21.9. The Bertz CT molecular complexity index is 1130. The molecule has 0 radical (unpaired) electrons. The van der Waals surface area contributed by atoms with Gasteiger partial charge >= 0.3 is 6.03 Å². The van der Waals surface area contributed by atoms with E-state index in [2.05, 4.69) is 57.6 Å². The van der Waals surface area contributed by atoms with Gasteiger partial charge in [0.2, 0.25) is 6.41 Å². The van der Waals surface area contributed by atoms with Crippen molar-refractivity contribution >= 4 is 18.1 Å². The largest absolute Gasteiger partial charge is 0.487 e. The lowest BCUT2D eigenvalue weighted by molar-refractivity contribution is -0.110. The van der Waals surface area contributed by atoms with Crippen LogP contribution in [0.3, 0.4) is 0 Å². The highest BCUT2D eigenvalue weighted by molar-refractivity contribution is 5.89. The molecule has 7 nitrogen and oxygen atoms in total. The molecule has 7 heteroatoms. The number of nitrogens with zero attached hydrogens (tertiary/aromatic N) is 1. The SMILES string of the molecule is O=CNNC(=O)Nc1ccc(C2(c3ccc(OCc4ccccn4)cc3)CC3CCC2C3)cc1. The molecule has 2 aromatic carbocycles. The van der Waals surface area contributed by atoms with Crippen LogP contribution in [0.1, 0.15) is 42.5 Å². The molecule has 2 aliphatic rings. The van der Waals surface area contributed by atoms with E-state index >= 15 is 0 Å². The first-order valence-corrected chi connectivity index (χ1v) is 11.7. The Hall–Kier alpha value is -3.87. The van der Waals surface area contributed by atoms with Gasteiger partial charge in [-0.3, -0.25) is 15.2 Å². The summed E-state index contributed by atoms with van der Waals surface area (Å²) in [6.07, 6.45) is 7.13. The maximum atomic E-state index is 11.8. The van der Waals surface area contributed by atoms with Crippen molar-refractivity contribution in [2.24, 2.45) is 11.8 Å². The van der Waals surface area contributed by atoms with Gasteiger partial charge in [-0.05, 0) is 78.6 Å². The van der Waals surface area contributed by atoms with Gasteiger partial charge in [-0.15, -0.1) is 0 Å². The second-order valence-corrected chi connectivity index (χ2v) is 9.10. The van der Waals surface area contributed by atoms with E-state index < -0.39 is 6.03 Å². The minimum atomic E-state index is -0.490. The van der Waals surface area contributed by atoms with Crippen LogP contribution in [0.5, 0.6) is 5.75 Å². The van der Waals surface area contributed by atoms with Crippen LogP contribution in [0.25, 0.3) is 0 Å². The Morgan fingerprint density at radius 1 is 1.03 bits per heavy atom. The highest BCUT2D eigenvalue weighted by Crippen LogP contribution is 2.60. The fourth-order valence-corrected chi connectivity index (χ4v) is 5.80. The summed E-state index contributed by atoms with van der Waals surface area (Å²) in [5.74, 6) is 2.20. The molecule has 2 bridgehead atoms. The molecule has 2 saturated carbocycles. The van der Waals surface area contributed by atoms with Crippen LogP contribution in [0.4, 0.5) is 10.5 Å². The molecule has 34 heavy (non-hydrogen) atoms. The molecule has 3 atom stereocenters. The van der Waals surface area contributed by atoms with Crippen molar-refractivity contribution < 1.29 is 14.3 Å². The number of hydrogen-bond donors (Lipinski definition) is 3. The summed E-state index contributed by atoms with van der Waals surface area (Å²) in [6, 6.07) is 22.0. The zero-order valence-corrected chi connectivity index (χ0v) is 18.9. The standard InChI is InChI=1S/C27H28N4O3/c32-18-29-31-26(33)30-23-10-6-20(7-11-23)27(16-19-4-5-22(27)15-19)21-8-12-25(13-9-21)34-17-24-3-1-2-14-28-24/h1-3,6-14,18-19,22H,4-5,15-17H2,(H,29,32)(H2,30,31,33). The van der Waals surface area contributed by atoms with Crippen LogP contribution in [-0.2, 0) is 16.8 Å². The van der Waals surface area contributed by atoms with E-state index in [9.17, 15) is 9.59 Å². The normalized spacial score (nSPS) is 22.7. The van der Waals surface area contributed by atoms with Crippen LogP contribution < -0.4 is 20.9 Å². The number of hydrogen-bond acceptors (Lipinski definition) is 4. The summed E-state index contributed by atoms with van der Waals surface area (Å²) in [7, 11) is 0. The predicted octanol–water partition coefficient (Wildman–Crippen LogP) is 4.55. The Balaban J connectivity index is 1.36. The average Bonchev–Trinajstić information content (AvgIpc) is 3.50. The molecule has 3 unspecified atom stereocenters. The molecule has 0 saturated heterocycles. The molecular formula is C27H28N4O3. The smallest absolute Gasteiger partial charge is 0.337 e. The zero-order chi connectivity index (χ0) is 23.4. The van der Waals surface area contributed by atoms with Gasteiger partial charge in [-0.2, -0.15) is 0 Å². The van der Waals surface area contributed by atoms with Crippen molar-refractivity contribution in [1.82, 2.24) is 15.8 Å². The van der Waals surface area contributed by atoms with E-state index in [0.29, 0.717) is 24.6 Å². The second-order valence-electron chi connectivity index (χ2n) is 9.10. The van der Waals surface area contributed by atoms with E-state index in [4.69, 9.17) is 4.74 Å². The first-order valence-electron chi connectivity index (χ1n) is 11.7. The lowest BCUT2D eigenvalue weighted by atomic mass is 9.64. The van der Waals surface area contributed by atoms with E-state index in [-0.39, 0.29) is 5.41 Å². The first-order chi connectivity index (χ1) is 16.7. The quantitative estimate of drug-likeness (QED) is 0.343. The fraction of sp³-hybridized carbons (Fsp3) is 0.296. The third kappa shape index (κ3) is 4.33. The summed E-state index contributed by atoms with van der Waals surface area (Å²) in [4.78, 5) is 26.5. The summed E-state index contributed by atoms with van der Waals surface area (Å²) in [6.45, 7) is 0.445. The number of urea groups is 1. The van der Waals surface area contributed by atoms with Gasteiger partial charge in [-0.25, -0.2) is 10.2 Å². The van der Waals surface area contributed by atoms with Crippen LogP contribution >= 0.6 is 0 Å². The van der Waals surface area contributed by atoms with Crippen LogP contribution in [0.15, 0.2) is 72.9 Å². The minimum absolute atomic E-state index is 0.0255. The highest BCUT2D eigenvalue weighted by Gasteiger charge is 2.52. The number of aromatic nitrogens is 1. The fourth-order valence-electron chi connectivity index (χ4n) is 5.80. The summed E-state index contributed by atoms with van der Waals surface area (Å²) in [5.41, 5.74) is 8.53. The number of benzene rings is 2. The molecule has 0 aliphatic heterocycles. The molecule has 5 rings (SSSR count). The summed E-state index contributed by atoms with van der Waals surface area (Å²) >= 11 is 0. The van der Waals surface area contributed by atoms with Crippen molar-refractivity contribution in [2.75, 3.05) is 5.32 Å². The van der Waals surface area contributed by atoms with Gasteiger partial charge in [-0.1, -0.05) is 36.8 Å². The minimum Gasteiger partial charge on any atom is -0.487 e. The van der Waals surface area contributed by atoms with Gasteiger partial charge in [0.1, 0.15) is 12.4 Å². The zero-order valence-electron chi connectivity index (χ0n) is 18.9. The van der Waals surface area contributed by atoms with Gasteiger partial charge in [0.25, 0.3) is 0 Å². The predicted molar refractivity (Wildman–Crippen MR) is 129 cm³/mol. The molecule has 3 N–H and O–H groups in total. The van der Waals surface area contributed by atoms with Crippen LogP contribution in [-0.4, -0.2) is 17.4 Å². The van der Waals surface area contributed by atoms with E-state index in [0.717, 1.165) is 23.8 Å². The number of carbonyl (C=O) groups excluding carboxylic acids is 2. The lowest BCUT2D eigenvalue weighted by Gasteiger charge is -2.39. The van der Waals surface area contributed by atoms with Crippen LogP contribution in [0.2, 0.25) is 0 Å². The molecule has 3 aromatic rings. The number of carbonyl (C=O) groups is 2. The lowest BCUT2D eigenvalue weighted by Crippen LogP contribution is -2.39. The number of amides is 3. The van der Waals surface area contributed by atoms with Gasteiger partial charge in [0.15, 0.2) is 0 Å². The molecular weight excluding hydrogens is 428 g/mol. The van der Waals surface area contributed by atoms with Gasteiger partial charge in [0.05, 0.1) is 5.69 Å². The Morgan fingerprint density at radius 2 is 1.79 bits per heavy atom. The second kappa shape index (κ2) is 9.55. The molecule has 2 fully saturated rings. The number of fused-ring (bicyclic) bond motifs is 2. The van der Waals surface area contributed by atoms with Crippen molar-refractivity contribution in [3.63, 3.8) is 0 Å². The maximum absolute atomic E-state index is 11.8. The maximum Gasteiger partial charge on any atom is 0.337 e. The third-order valence-corrected chi connectivity index (χ3v) is 7.23. The van der Waals surface area contributed by atoms with Crippen molar-refractivity contribution in [1.29, 1.82) is 0 Å². The van der Waals surface area contributed by atoms with Crippen molar-refractivity contribution in [3.8, 4) is 5.75 Å².